The van der Waals surface area contributed by atoms with E-state index in [-0.39, 0.29) is 12.5 Å². The lowest BCUT2D eigenvalue weighted by Gasteiger charge is -2.70. The molecule has 12 N–H and O–H groups in total. The Bertz CT molecular complexity index is 2870. The summed E-state index contributed by atoms with van der Waals surface area (Å²) in [5.41, 5.74) is -37.9. The molecule has 0 aliphatic carbocycles. The first-order chi connectivity index (χ1) is 36.2. The molecule has 0 radical (unpaired) electrons. The average molecular weight is 1100 g/mol. The summed E-state index contributed by atoms with van der Waals surface area (Å²) in [4.78, 5) is 129. The minimum absolute atomic E-state index is 0.179. The quantitative estimate of drug-likeness (QED) is 0.0507. The Morgan fingerprint density at radius 1 is 0.538 bits per heavy atom. The molecule has 3 heterocycles. The molecule has 25 nitrogen and oxygen atoms in total. The van der Waals surface area contributed by atoms with E-state index in [9.17, 15) is 89.7 Å². The molecule has 25 heteroatoms. The third-order valence-electron chi connectivity index (χ3n) is 15.4. The highest BCUT2D eigenvalue weighted by atomic mass is 16.7. The molecule has 422 valence electrons. The van der Waals surface area contributed by atoms with Crippen LogP contribution >= 0.6 is 0 Å². The van der Waals surface area contributed by atoms with Gasteiger partial charge in [-0.05, 0) is 47.1 Å². The summed E-state index contributed by atoms with van der Waals surface area (Å²) < 4.78 is 24.1. The number of nitrogens with one attached hydrogen (secondary N) is 1. The van der Waals surface area contributed by atoms with Crippen molar-refractivity contribution in [2.45, 2.75) is 155 Å². The molecule has 3 aliphatic rings. The third-order valence-corrected chi connectivity index (χ3v) is 15.4. The number of benzene rings is 3. The number of rotatable bonds is 19. The Hall–Kier alpha value is -6.11. The predicted molar refractivity (Wildman–Crippen MR) is 259 cm³/mol. The Kier molecular flexibility index (Phi) is 16.8. The molecule has 3 fully saturated rings. The maximum absolute atomic E-state index is 15.8. The fraction of sp³-hybridized carbons (Fsp3) is 0.491. The van der Waals surface area contributed by atoms with Crippen molar-refractivity contribution < 1.29 is 118 Å². The van der Waals surface area contributed by atoms with Crippen LogP contribution in [0, 0.1) is 0 Å². The van der Waals surface area contributed by atoms with Crippen LogP contribution in [0.5, 0.6) is 0 Å². The summed E-state index contributed by atoms with van der Waals surface area (Å²) in [7, 11) is 0. The SMILES string of the molecule is CC(=O)N[C@@H]1[C@H]([C@@]2(O)[C@H]([C@@]3(O)[C@@](O)(C(=O)c4ccccc4)[C@@H](OCc4ccccc4)O[C@H](CO)[C@]3(O)C(=O)c3ccccc3)O[C@H](C(O)C(C)=O)[C@](O)(C(C)=O)[C@@]2(O)C(C)=O)O[C@H](C(O)C(C)=O)[C@](O)(C(C)=O)[C@@]1(O)C(C)=O. The summed E-state index contributed by atoms with van der Waals surface area (Å²) >= 11 is 0. The molecule has 3 aromatic carbocycles. The Labute approximate surface area is 443 Å². The van der Waals surface area contributed by atoms with Gasteiger partial charge >= 0.3 is 0 Å². The molecule has 6 rings (SSSR count). The summed E-state index contributed by atoms with van der Waals surface area (Å²) in [5.74, 6) is -16.2. The second-order valence-electron chi connectivity index (χ2n) is 19.9. The third kappa shape index (κ3) is 8.47. The van der Waals surface area contributed by atoms with Crippen LogP contribution in [0.2, 0.25) is 0 Å². The van der Waals surface area contributed by atoms with E-state index in [4.69, 9.17) is 18.9 Å². The van der Waals surface area contributed by atoms with E-state index in [2.05, 4.69) is 0 Å². The number of aliphatic hydroxyl groups excluding tert-OH is 3. The molecule has 1 amide bonds. The van der Waals surface area contributed by atoms with Gasteiger partial charge in [-0.15, -0.1) is 0 Å². The van der Waals surface area contributed by atoms with Crippen LogP contribution in [0.3, 0.4) is 0 Å². The van der Waals surface area contributed by atoms with E-state index in [0.29, 0.717) is 41.5 Å². The summed E-state index contributed by atoms with van der Waals surface area (Å²) in [6.45, 7) is 0.759. The van der Waals surface area contributed by atoms with Crippen LogP contribution in [0.15, 0.2) is 91.0 Å². The smallest absolute Gasteiger partial charge is 0.217 e. The van der Waals surface area contributed by atoms with Crippen LogP contribution in [0.1, 0.15) is 74.7 Å². The molecule has 17 atom stereocenters. The number of hydrogen-bond acceptors (Lipinski definition) is 24. The van der Waals surface area contributed by atoms with Crippen LogP contribution in [0.4, 0.5) is 0 Å². The molecule has 0 bridgehead atoms. The number of amides is 1. The zero-order valence-corrected chi connectivity index (χ0v) is 43.0. The van der Waals surface area contributed by atoms with Gasteiger partial charge in [-0.3, -0.25) is 43.2 Å². The lowest BCUT2D eigenvalue weighted by Crippen LogP contribution is -2.98. The Morgan fingerprint density at radius 2 is 0.962 bits per heavy atom. The van der Waals surface area contributed by atoms with Crippen LogP contribution < -0.4 is 5.32 Å². The molecular formula is C53H61NO24. The van der Waals surface area contributed by atoms with Gasteiger partial charge < -0.3 is 80.4 Å². The lowest BCUT2D eigenvalue weighted by atomic mass is 9.48. The number of Topliss-reactive ketones (excluding diaryl/α,β-unsaturated/α-hetero) is 8. The van der Waals surface area contributed by atoms with E-state index in [1.54, 1.807) is 6.07 Å². The van der Waals surface area contributed by atoms with Gasteiger partial charge in [-0.25, -0.2) is 0 Å². The van der Waals surface area contributed by atoms with E-state index < -0.39 is 176 Å². The molecule has 0 spiro atoms. The maximum Gasteiger partial charge on any atom is 0.217 e. The largest absolute Gasteiger partial charge is 0.394 e. The fourth-order valence-electron chi connectivity index (χ4n) is 11.3. The minimum atomic E-state index is -5.03. The first-order valence-electron chi connectivity index (χ1n) is 24.1. The monoisotopic (exact) mass is 1100 g/mol. The standard InChI is InChI=1S/C53H61NO24/c1-25(56)36(63)41-47(68,28(4)59)46(67,27(3)58)38(54-31(7)62)43(77-41)51(72)44(78-42(37(64)26(2)57)48(69,29(5)60)52(51,73)30(6)61)53(74)49(70,39(65)33-19-13-9-14-20-33)35(23-55)76-45(75-24-32-17-11-8-12-18-32)50(53,71)40(66)34-21-15-10-16-22-34/h8-22,35-38,41-45,55,63-64,67-74H,23-24H2,1-7H3,(H,54,62)/t35-,36?,37?,38-,41-,42-,43-,44-,45+,46-,47-,48-,49+,50-,51-,52+,53+/m1/s1. The molecule has 2 unspecified atom stereocenters. The number of ketones is 8. The minimum Gasteiger partial charge on any atom is -0.394 e. The average Bonchev–Trinajstić information content (AvgIpc) is 3.41. The van der Waals surface area contributed by atoms with Crippen molar-refractivity contribution in [3.05, 3.63) is 108 Å². The van der Waals surface area contributed by atoms with Crippen molar-refractivity contribution in [1.82, 2.24) is 5.32 Å². The number of aliphatic hydroxyl groups is 11. The predicted octanol–water partition coefficient (Wildman–Crippen LogP) is -4.17. The summed E-state index contributed by atoms with van der Waals surface area (Å²) in [5, 5.41) is 146. The van der Waals surface area contributed by atoms with Crippen molar-refractivity contribution in [1.29, 1.82) is 0 Å². The normalized spacial score (nSPS) is 37.5. The van der Waals surface area contributed by atoms with Crippen molar-refractivity contribution in [3.8, 4) is 0 Å². The lowest BCUT2D eigenvalue weighted by molar-refractivity contribution is -0.446. The molecule has 78 heavy (non-hydrogen) atoms. The molecule has 3 saturated heterocycles. The van der Waals surface area contributed by atoms with Gasteiger partial charge in [0.25, 0.3) is 0 Å². The fourth-order valence-corrected chi connectivity index (χ4v) is 11.3. The van der Waals surface area contributed by atoms with Gasteiger partial charge in [0.15, 0.2) is 86.0 Å². The number of ether oxygens (including phenoxy) is 4. The second-order valence-corrected chi connectivity index (χ2v) is 19.9. The van der Waals surface area contributed by atoms with Gasteiger partial charge in [0.05, 0.1) is 19.3 Å². The maximum atomic E-state index is 15.8. The van der Waals surface area contributed by atoms with Gasteiger partial charge in [0.1, 0.15) is 42.7 Å². The highest BCUT2D eigenvalue weighted by molar-refractivity contribution is 6.09. The Balaban J connectivity index is 1.98. The molecule has 0 aromatic heterocycles. The second kappa shape index (κ2) is 21.5. The van der Waals surface area contributed by atoms with E-state index in [0.717, 1.165) is 24.3 Å². The van der Waals surface area contributed by atoms with Crippen LogP contribution in [0.25, 0.3) is 0 Å². The first kappa shape index (κ1) is 61.1. The van der Waals surface area contributed by atoms with Crippen LogP contribution in [-0.4, -0.2) is 215 Å². The number of carbonyl (C=O) groups is 9. The molecular weight excluding hydrogens is 1030 g/mol. The zero-order chi connectivity index (χ0) is 58.7. The van der Waals surface area contributed by atoms with Crippen molar-refractivity contribution in [3.63, 3.8) is 0 Å². The number of carbonyl (C=O) groups excluding carboxylic acids is 9. The molecule has 0 saturated carbocycles. The van der Waals surface area contributed by atoms with Crippen LogP contribution in [-0.2, 0) is 59.1 Å². The highest BCUT2D eigenvalue weighted by Gasteiger charge is 2.91. The first-order valence-corrected chi connectivity index (χ1v) is 24.1. The van der Waals surface area contributed by atoms with Crippen molar-refractivity contribution in [2.24, 2.45) is 0 Å². The number of hydrogen-bond donors (Lipinski definition) is 12. The van der Waals surface area contributed by atoms with Crippen molar-refractivity contribution in [2.75, 3.05) is 6.61 Å². The van der Waals surface area contributed by atoms with Gasteiger partial charge in [-0.1, -0.05) is 91.0 Å². The Morgan fingerprint density at radius 3 is 1.36 bits per heavy atom. The van der Waals surface area contributed by atoms with E-state index in [1.165, 1.54) is 60.7 Å². The topological polar surface area (TPSA) is 425 Å². The van der Waals surface area contributed by atoms with Gasteiger partial charge in [0.2, 0.25) is 17.3 Å². The van der Waals surface area contributed by atoms with E-state index in [1.807, 2.05) is 5.32 Å². The summed E-state index contributed by atoms with van der Waals surface area (Å²) in [6.07, 6.45) is -26.4. The van der Waals surface area contributed by atoms with Gasteiger partial charge in [-0.2, -0.15) is 0 Å². The van der Waals surface area contributed by atoms with Gasteiger partial charge in [0, 0.05) is 18.1 Å². The highest BCUT2D eigenvalue weighted by Crippen LogP contribution is 2.61. The zero-order valence-electron chi connectivity index (χ0n) is 43.0. The molecule has 3 aromatic rings. The molecule has 3 aliphatic heterocycles. The summed E-state index contributed by atoms with van der Waals surface area (Å²) in [6, 6.07) is 15.3. The van der Waals surface area contributed by atoms with E-state index >= 15 is 9.59 Å². The van der Waals surface area contributed by atoms with Crippen molar-refractivity contribution >= 4 is 52.2 Å².